The molecule has 1 amide bonds. The molecule has 0 radical (unpaired) electrons. The van der Waals surface area contributed by atoms with Crippen molar-refractivity contribution in [1.82, 2.24) is 20.4 Å². The molecule has 2 aliphatic heterocycles. The number of guanidine groups is 1. The van der Waals surface area contributed by atoms with Crippen LogP contribution in [-0.2, 0) is 4.79 Å². The van der Waals surface area contributed by atoms with Crippen LogP contribution in [-0.4, -0.2) is 74.0 Å². The zero-order chi connectivity index (χ0) is 19.9. The summed E-state index contributed by atoms with van der Waals surface area (Å²) in [5.74, 6) is 3.13. The third kappa shape index (κ3) is 7.56. The van der Waals surface area contributed by atoms with Crippen molar-refractivity contribution in [3.63, 3.8) is 0 Å². The fourth-order valence-corrected chi connectivity index (χ4v) is 5.38. The Balaban J connectivity index is 0.00000300. The van der Waals surface area contributed by atoms with E-state index in [1.165, 1.54) is 38.8 Å². The van der Waals surface area contributed by atoms with Gasteiger partial charge in [0, 0.05) is 58.3 Å². The smallest absolute Gasteiger partial charge is 0.225 e. The standard InChI is InChI=1S/C22H41N5O.HI/c1-17-13-18(2)15-26(14-17)12-10-24-22(23-3)25-20-9-11-27(16-20)21(28)19-7-5-4-6-8-19;/h17-20H,4-16H2,1-3H3,(H2,23,24,25);1H. The minimum Gasteiger partial charge on any atom is -0.355 e. The molecule has 1 saturated carbocycles. The highest BCUT2D eigenvalue weighted by atomic mass is 127. The molecule has 2 N–H and O–H groups in total. The first kappa shape index (κ1) is 24.7. The summed E-state index contributed by atoms with van der Waals surface area (Å²) in [7, 11) is 1.83. The van der Waals surface area contributed by atoms with Gasteiger partial charge >= 0.3 is 0 Å². The molecule has 6 nitrogen and oxygen atoms in total. The summed E-state index contributed by atoms with van der Waals surface area (Å²) in [4.78, 5) is 21.8. The number of hydrogen-bond donors (Lipinski definition) is 2. The van der Waals surface area contributed by atoms with Crippen molar-refractivity contribution >= 4 is 35.8 Å². The Labute approximate surface area is 194 Å². The zero-order valence-corrected chi connectivity index (χ0v) is 21.0. The first-order valence-electron chi connectivity index (χ1n) is 11.5. The van der Waals surface area contributed by atoms with Crippen LogP contribution in [0.25, 0.3) is 0 Å². The van der Waals surface area contributed by atoms with Gasteiger partial charge in [0.15, 0.2) is 5.96 Å². The maximum absolute atomic E-state index is 12.7. The van der Waals surface area contributed by atoms with E-state index in [-0.39, 0.29) is 29.9 Å². The SMILES string of the molecule is CN=C(NCCN1CC(C)CC(C)C1)NC1CCN(C(=O)C2CCCCC2)C1.I. The van der Waals surface area contributed by atoms with Crippen LogP contribution in [0.5, 0.6) is 0 Å². The molecule has 168 valence electrons. The van der Waals surface area contributed by atoms with E-state index < -0.39 is 0 Å². The second-order valence-electron chi connectivity index (χ2n) is 9.45. The van der Waals surface area contributed by atoms with Crippen LogP contribution < -0.4 is 10.6 Å². The number of aliphatic imine (C=N–C) groups is 1. The summed E-state index contributed by atoms with van der Waals surface area (Å²) in [6.45, 7) is 10.8. The van der Waals surface area contributed by atoms with Gasteiger partial charge in [-0.2, -0.15) is 0 Å². The molecular weight excluding hydrogens is 477 g/mol. The summed E-state index contributed by atoms with van der Waals surface area (Å²) < 4.78 is 0. The normalized spacial score (nSPS) is 29.4. The minimum absolute atomic E-state index is 0. The number of carbonyl (C=O) groups excluding carboxylic acids is 1. The molecule has 3 unspecified atom stereocenters. The molecule has 0 spiro atoms. The van der Waals surface area contributed by atoms with E-state index in [1.807, 2.05) is 7.05 Å². The van der Waals surface area contributed by atoms with Crippen LogP contribution in [0.15, 0.2) is 4.99 Å². The Bertz CT molecular complexity index is 527. The lowest BCUT2D eigenvalue weighted by atomic mass is 9.88. The highest BCUT2D eigenvalue weighted by molar-refractivity contribution is 14.0. The minimum atomic E-state index is 0. The Kier molecular flexibility index (Phi) is 10.5. The number of nitrogens with one attached hydrogen (secondary N) is 2. The molecule has 0 aromatic carbocycles. The van der Waals surface area contributed by atoms with E-state index in [1.54, 1.807) is 0 Å². The lowest BCUT2D eigenvalue weighted by Gasteiger charge is -2.35. The molecule has 3 aliphatic rings. The van der Waals surface area contributed by atoms with E-state index in [9.17, 15) is 4.79 Å². The van der Waals surface area contributed by atoms with Gasteiger partial charge in [-0.05, 0) is 37.5 Å². The largest absolute Gasteiger partial charge is 0.355 e. The number of piperidine rings is 1. The van der Waals surface area contributed by atoms with Gasteiger partial charge in [-0.3, -0.25) is 9.79 Å². The Morgan fingerprint density at radius 2 is 1.72 bits per heavy atom. The van der Waals surface area contributed by atoms with Crippen molar-refractivity contribution in [1.29, 1.82) is 0 Å². The van der Waals surface area contributed by atoms with Crippen LogP contribution in [0.1, 0.15) is 58.8 Å². The molecule has 2 heterocycles. The van der Waals surface area contributed by atoms with E-state index in [4.69, 9.17) is 0 Å². The average molecular weight is 520 g/mol. The molecule has 3 rings (SSSR count). The van der Waals surface area contributed by atoms with E-state index >= 15 is 0 Å². The summed E-state index contributed by atoms with van der Waals surface area (Å²) >= 11 is 0. The van der Waals surface area contributed by atoms with Crippen molar-refractivity contribution in [2.24, 2.45) is 22.7 Å². The summed E-state index contributed by atoms with van der Waals surface area (Å²) in [6, 6.07) is 0.314. The van der Waals surface area contributed by atoms with Crippen LogP contribution in [0, 0.1) is 17.8 Å². The Morgan fingerprint density at radius 1 is 1.03 bits per heavy atom. The maximum atomic E-state index is 12.7. The number of rotatable bonds is 5. The quantitative estimate of drug-likeness (QED) is 0.333. The number of amides is 1. The highest BCUT2D eigenvalue weighted by Gasteiger charge is 2.31. The van der Waals surface area contributed by atoms with Gasteiger partial charge < -0.3 is 20.4 Å². The summed E-state index contributed by atoms with van der Waals surface area (Å²) in [5, 5.41) is 7.01. The highest BCUT2D eigenvalue weighted by Crippen LogP contribution is 2.26. The number of nitrogens with zero attached hydrogens (tertiary/aromatic N) is 3. The molecule has 7 heteroatoms. The maximum Gasteiger partial charge on any atom is 0.225 e. The Morgan fingerprint density at radius 3 is 2.38 bits per heavy atom. The predicted molar refractivity (Wildman–Crippen MR) is 131 cm³/mol. The van der Waals surface area contributed by atoms with Crippen molar-refractivity contribution in [2.45, 2.75) is 64.8 Å². The van der Waals surface area contributed by atoms with Gasteiger partial charge in [-0.1, -0.05) is 33.1 Å². The topological polar surface area (TPSA) is 60.0 Å². The number of halogens is 1. The van der Waals surface area contributed by atoms with Crippen molar-refractivity contribution in [2.75, 3.05) is 46.3 Å². The van der Waals surface area contributed by atoms with Gasteiger partial charge in [-0.15, -0.1) is 24.0 Å². The van der Waals surface area contributed by atoms with Crippen molar-refractivity contribution in [3.05, 3.63) is 0 Å². The number of likely N-dealkylation sites (tertiary alicyclic amines) is 2. The second kappa shape index (κ2) is 12.3. The Hall–Kier alpha value is -0.570. The summed E-state index contributed by atoms with van der Waals surface area (Å²) in [5.41, 5.74) is 0. The zero-order valence-electron chi connectivity index (χ0n) is 18.7. The third-order valence-electron chi connectivity index (χ3n) is 6.68. The average Bonchev–Trinajstić information content (AvgIpc) is 3.15. The molecule has 2 saturated heterocycles. The van der Waals surface area contributed by atoms with Crippen LogP contribution in [0.4, 0.5) is 0 Å². The molecule has 0 aromatic rings. The molecule has 1 aliphatic carbocycles. The van der Waals surface area contributed by atoms with Crippen molar-refractivity contribution < 1.29 is 4.79 Å². The second-order valence-corrected chi connectivity index (χ2v) is 9.45. The molecular formula is C22H42IN5O. The first-order valence-corrected chi connectivity index (χ1v) is 11.5. The fourth-order valence-electron chi connectivity index (χ4n) is 5.38. The molecule has 3 atom stereocenters. The van der Waals surface area contributed by atoms with Gasteiger partial charge in [0.05, 0.1) is 0 Å². The number of hydrogen-bond acceptors (Lipinski definition) is 3. The van der Waals surface area contributed by atoms with Gasteiger partial charge in [0.25, 0.3) is 0 Å². The predicted octanol–water partition coefficient (Wildman–Crippen LogP) is 2.93. The van der Waals surface area contributed by atoms with Gasteiger partial charge in [-0.25, -0.2) is 0 Å². The van der Waals surface area contributed by atoms with Gasteiger partial charge in [0.2, 0.25) is 5.91 Å². The summed E-state index contributed by atoms with van der Waals surface area (Å²) in [6.07, 6.45) is 8.28. The lowest BCUT2D eigenvalue weighted by molar-refractivity contribution is -0.135. The van der Waals surface area contributed by atoms with Crippen LogP contribution in [0.2, 0.25) is 0 Å². The van der Waals surface area contributed by atoms with Crippen LogP contribution in [0.3, 0.4) is 0 Å². The third-order valence-corrected chi connectivity index (χ3v) is 6.68. The molecule has 0 bridgehead atoms. The fraction of sp³-hybridized carbons (Fsp3) is 0.909. The molecule has 3 fully saturated rings. The molecule has 29 heavy (non-hydrogen) atoms. The first-order chi connectivity index (χ1) is 13.5. The lowest BCUT2D eigenvalue weighted by Crippen LogP contribution is -2.48. The van der Waals surface area contributed by atoms with Crippen molar-refractivity contribution in [3.8, 4) is 0 Å². The number of carbonyl (C=O) groups is 1. The van der Waals surface area contributed by atoms with E-state index in [2.05, 4.69) is 39.3 Å². The van der Waals surface area contributed by atoms with Crippen LogP contribution >= 0.6 is 24.0 Å². The van der Waals surface area contributed by atoms with E-state index in [0.29, 0.717) is 11.9 Å². The monoisotopic (exact) mass is 519 g/mol. The molecule has 0 aromatic heterocycles. The van der Waals surface area contributed by atoms with Gasteiger partial charge in [0.1, 0.15) is 0 Å². The van der Waals surface area contributed by atoms with E-state index in [0.717, 1.165) is 63.2 Å².